The number of hydrogen-bond donors (Lipinski definition) is 1. The van der Waals surface area contributed by atoms with Crippen molar-refractivity contribution in [2.75, 3.05) is 11.9 Å². The molecular weight excluding hydrogens is 409 g/mol. The maximum Gasteiger partial charge on any atom is 0.348 e. The molecule has 0 aliphatic heterocycles. The van der Waals surface area contributed by atoms with Crippen molar-refractivity contribution in [3.63, 3.8) is 0 Å². The van der Waals surface area contributed by atoms with Crippen LogP contribution in [0.3, 0.4) is 0 Å². The monoisotopic (exact) mass is 431 g/mol. The number of carbonyl (C=O) groups excluding carboxylic acids is 2. The molecule has 0 saturated heterocycles. The lowest BCUT2D eigenvalue weighted by Crippen LogP contribution is -2.31. The summed E-state index contributed by atoms with van der Waals surface area (Å²) in [6, 6.07) is 4.46. The Bertz CT molecular complexity index is 1150. The number of nitrogens with one attached hydrogen (secondary N) is 1. The molecule has 9 heteroatoms. The van der Waals surface area contributed by atoms with Crippen LogP contribution in [0.4, 0.5) is 10.1 Å². The third kappa shape index (κ3) is 4.40. The highest BCUT2D eigenvalue weighted by Crippen LogP contribution is 2.28. The van der Waals surface area contributed by atoms with Crippen molar-refractivity contribution >= 4 is 39.1 Å². The fourth-order valence-corrected chi connectivity index (χ4v) is 3.86. The Morgan fingerprint density at radius 2 is 1.90 bits per heavy atom. The van der Waals surface area contributed by atoms with Crippen molar-refractivity contribution in [3.8, 4) is 0 Å². The summed E-state index contributed by atoms with van der Waals surface area (Å²) in [5.74, 6) is -1.16. The first-order valence-corrected chi connectivity index (χ1v) is 10.2. The third-order valence-electron chi connectivity index (χ3n) is 4.52. The minimum atomic E-state index is -0.866. The molecule has 0 bridgehead atoms. The number of amides is 1. The molecule has 0 saturated carbocycles. The van der Waals surface area contributed by atoms with E-state index in [0.29, 0.717) is 26.3 Å². The highest BCUT2D eigenvalue weighted by atomic mass is 32.1. The first kappa shape index (κ1) is 21.6. The second kappa shape index (κ2) is 8.74. The van der Waals surface area contributed by atoms with Crippen LogP contribution in [0.15, 0.2) is 35.4 Å². The normalized spacial score (nSPS) is 12.2. The molecule has 0 unspecified atom stereocenters. The summed E-state index contributed by atoms with van der Waals surface area (Å²) in [6.45, 7) is 7.38. The highest BCUT2D eigenvalue weighted by Gasteiger charge is 2.23. The molecule has 1 aromatic carbocycles. The van der Waals surface area contributed by atoms with Crippen LogP contribution in [-0.4, -0.2) is 28.0 Å². The molecule has 0 fully saturated rings. The first-order valence-electron chi connectivity index (χ1n) is 9.42. The topological polar surface area (TPSA) is 90.3 Å². The molecule has 1 atom stereocenters. The van der Waals surface area contributed by atoms with Gasteiger partial charge in [-0.25, -0.2) is 14.2 Å². The molecule has 0 radical (unpaired) electrons. The van der Waals surface area contributed by atoms with Gasteiger partial charge in [0.25, 0.3) is 5.56 Å². The number of aromatic nitrogens is 2. The summed E-state index contributed by atoms with van der Waals surface area (Å²) in [6.07, 6.45) is 1.29. The van der Waals surface area contributed by atoms with Crippen molar-refractivity contribution in [1.29, 1.82) is 0 Å². The molecule has 7 nitrogen and oxygen atoms in total. The number of ether oxygens (including phenoxy) is 1. The maximum absolute atomic E-state index is 13.0. The first-order chi connectivity index (χ1) is 14.2. The standard InChI is InChI=1S/C21H22FN3O4S/c1-11(2)9-29-21(28)17-12(3)16-19(30-17)23-10-25(20(16)27)13(4)18(26)24-15-7-5-14(22)6-8-15/h5-8,10-11,13H,9H2,1-4H3,(H,24,26)/t13-/m1/s1. The number of benzene rings is 1. The molecule has 2 heterocycles. The van der Waals surface area contributed by atoms with Gasteiger partial charge in [-0.1, -0.05) is 13.8 Å². The van der Waals surface area contributed by atoms with Crippen molar-refractivity contribution in [2.24, 2.45) is 5.92 Å². The maximum atomic E-state index is 13.0. The predicted octanol–water partition coefficient (Wildman–Crippen LogP) is 3.92. The Morgan fingerprint density at radius 3 is 2.53 bits per heavy atom. The molecule has 3 aromatic rings. The van der Waals surface area contributed by atoms with Gasteiger partial charge in [0.1, 0.15) is 21.6 Å². The SMILES string of the molecule is Cc1c(C(=O)OCC(C)C)sc2ncn([C@H](C)C(=O)Nc3ccc(F)cc3)c(=O)c12. The van der Waals surface area contributed by atoms with E-state index in [2.05, 4.69) is 10.3 Å². The molecule has 0 spiro atoms. The highest BCUT2D eigenvalue weighted by molar-refractivity contribution is 7.20. The molecule has 30 heavy (non-hydrogen) atoms. The third-order valence-corrected chi connectivity index (χ3v) is 5.70. The lowest BCUT2D eigenvalue weighted by molar-refractivity contribution is -0.118. The van der Waals surface area contributed by atoms with E-state index in [0.717, 1.165) is 11.3 Å². The van der Waals surface area contributed by atoms with Crippen LogP contribution in [-0.2, 0) is 9.53 Å². The fourth-order valence-electron chi connectivity index (χ4n) is 2.82. The van der Waals surface area contributed by atoms with E-state index < -0.39 is 29.3 Å². The van der Waals surface area contributed by atoms with Crippen LogP contribution < -0.4 is 10.9 Å². The van der Waals surface area contributed by atoms with Gasteiger partial charge in [0.05, 0.1) is 18.3 Å². The number of rotatable bonds is 6. The molecular formula is C21H22FN3O4S. The second-order valence-corrected chi connectivity index (χ2v) is 8.36. The van der Waals surface area contributed by atoms with Crippen LogP contribution in [0.2, 0.25) is 0 Å². The van der Waals surface area contributed by atoms with Crippen LogP contribution in [0.5, 0.6) is 0 Å². The van der Waals surface area contributed by atoms with Gasteiger partial charge in [0.2, 0.25) is 5.91 Å². The number of halogens is 1. The van der Waals surface area contributed by atoms with Crippen LogP contribution in [0.25, 0.3) is 10.2 Å². The Kier molecular flexibility index (Phi) is 6.31. The quantitative estimate of drug-likeness (QED) is 0.598. The molecule has 1 amide bonds. The van der Waals surface area contributed by atoms with Gasteiger partial charge < -0.3 is 10.1 Å². The number of fused-ring (bicyclic) bond motifs is 1. The Hall–Kier alpha value is -3.07. The lowest BCUT2D eigenvalue weighted by atomic mass is 10.2. The van der Waals surface area contributed by atoms with E-state index in [1.165, 1.54) is 35.2 Å². The van der Waals surface area contributed by atoms with E-state index in [9.17, 15) is 18.8 Å². The van der Waals surface area contributed by atoms with E-state index in [1.807, 2.05) is 13.8 Å². The summed E-state index contributed by atoms with van der Waals surface area (Å²) in [4.78, 5) is 43.0. The minimum Gasteiger partial charge on any atom is -0.461 e. The lowest BCUT2D eigenvalue weighted by Gasteiger charge is -2.15. The van der Waals surface area contributed by atoms with Crippen molar-refractivity contribution in [3.05, 3.63) is 57.2 Å². The number of carbonyl (C=O) groups is 2. The zero-order chi connectivity index (χ0) is 22.0. The second-order valence-electron chi connectivity index (χ2n) is 7.36. The molecule has 3 rings (SSSR count). The summed E-state index contributed by atoms with van der Waals surface area (Å²) in [7, 11) is 0. The van der Waals surface area contributed by atoms with Gasteiger partial charge in [0.15, 0.2) is 0 Å². The van der Waals surface area contributed by atoms with Crippen molar-refractivity contribution in [1.82, 2.24) is 9.55 Å². The summed E-state index contributed by atoms with van der Waals surface area (Å²) in [5, 5.41) is 2.94. The fraction of sp³-hybridized carbons (Fsp3) is 0.333. The van der Waals surface area contributed by atoms with Crippen molar-refractivity contribution < 1.29 is 18.7 Å². The van der Waals surface area contributed by atoms with Gasteiger partial charge in [-0.05, 0) is 49.6 Å². The Balaban J connectivity index is 1.89. The number of thiophene rings is 1. The summed E-state index contributed by atoms with van der Waals surface area (Å²) < 4.78 is 19.5. The van der Waals surface area contributed by atoms with Gasteiger partial charge in [-0.15, -0.1) is 11.3 Å². The zero-order valence-electron chi connectivity index (χ0n) is 17.1. The molecule has 1 N–H and O–H groups in total. The van der Waals surface area contributed by atoms with Gasteiger partial charge in [-0.2, -0.15) is 0 Å². The number of nitrogens with zero attached hydrogens (tertiary/aromatic N) is 2. The molecule has 0 aliphatic rings. The van der Waals surface area contributed by atoms with E-state index in [1.54, 1.807) is 13.8 Å². The van der Waals surface area contributed by atoms with E-state index >= 15 is 0 Å². The van der Waals surface area contributed by atoms with Gasteiger partial charge >= 0.3 is 5.97 Å². The van der Waals surface area contributed by atoms with E-state index in [-0.39, 0.29) is 12.5 Å². The number of hydrogen-bond acceptors (Lipinski definition) is 6. The smallest absolute Gasteiger partial charge is 0.348 e. The largest absolute Gasteiger partial charge is 0.461 e. The minimum absolute atomic E-state index is 0.194. The predicted molar refractivity (Wildman–Crippen MR) is 113 cm³/mol. The van der Waals surface area contributed by atoms with Crippen LogP contribution in [0, 0.1) is 18.7 Å². The van der Waals surface area contributed by atoms with Gasteiger partial charge in [0, 0.05) is 5.69 Å². The average molecular weight is 431 g/mol. The Labute approximate surface area is 176 Å². The Morgan fingerprint density at radius 1 is 1.23 bits per heavy atom. The van der Waals surface area contributed by atoms with E-state index in [4.69, 9.17) is 4.74 Å². The molecule has 158 valence electrons. The summed E-state index contributed by atoms with van der Waals surface area (Å²) >= 11 is 1.10. The van der Waals surface area contributed by atoms with Crippen molar-refractivity contribution in [2.45, 2.75) is 33.7 Å². The zero-order valence-corrected chi connectivity index (χ0v) is 17.9. The number of anilines is 1. The van der Waals surface area contributed by atoms with Crippen LogP contribution >= 0.6 is 11.3 Å². The molecule has 0 aliphatic carbocycles. The molecule has 2 aromatic heterocycles. The summed E-state index contributed by atoms with van der Waals surface area (Å²) in [5.41, 5.74) is 0.484. The average Bonchev–Trinajstić information content (AvgIpc) is 3.05. The van der Waals surface area contributed by atoms with Crippen LogP contribution in [0.1, 0.15) is 42.0 Å². The number of esters is 1. The van der Waals surface area contributed by atoms with Gasteiger partial charge in [-0.3, -0.25) is 14.2 Å². The number of aryl methyl sites for hydroxylation is 1.